The fourth-order valence-electron chi connectivity index (χ4n) is 4.25. The van der Waals surface area contributed by atoms with E-state index in [0.29, 0.717) is 12.1 Å². The first-order chi connectivity index (χ1) is 16.2. The predicted octanol–water partition coefficient (Wildman–Crippen LogP) is 6.55. The SMILES string of the molecule is CCCCCCCCn1c(CCCCCNC(=O)c2ccc(OC)cc2)nc2ccccc21. The number of hydrogen-bond donors (Lipinski definition) is 1. The summed E-state index contributed by atoms with van der Waals surface area (Å²) >= 11 is 0. The highest BCUT2D eigenvalue weighted by atomic mass is 16.5. The van der Waals surface area contributed by atoms with Crippen LogP contribution < -0.4 is 10.1 Å². The second kappa shape index (κ2) is 13.7. The molecule has 1 amide bonds. The monoisotopic (exact) mass is 449 g/mol. The summed E-state index contributed by atoms with van der Waals surface area (Å²) in [5, 5.41) is 3.02. The van der Waals surface area contributed by atoms with Crippen molar-refractivity contribution >= 4 is 16.9 Å². The average Bonchev–Trinajstić information content (AvgIpc) is 3.20. The second-order valence-electron chi connectivity index (χ2n) is 8.73. The van der Waals surface area contributed by atoms with E-state index >= 15 is 0 Å². The number of unbranched alkanes of at least 4 members (excludes halogenated alkanes) is 7. The van der Waals surface area contributed by atoms with E-state index in [1.807, 2.05) is 12.1 Å². The summed E-state index contributed by atoms with van der Waals surface area (Å²) in [6, 6.07) is 15.7. The van der Waals surface area contributed by atoms with Crippen LogP contribution in [0.15, 0.2) is 48.5 Å². The first-order valence-corrected chi connectivity index (χ1v) is 12.6. The molecule has 1 heterocycles. The van der Waals surface area contributed by atoms with Crippen LogP contribution in [-0.4, -0.2) is 29.1 Å². The van der Waals surface area contributed by atoms with Crippen LogP contribution >= 0.6 is 0 Å². The number of para-hydroxylation sites is 2. The van der Waals surface area contributed by atoms with E-state index in [0.717, 1.165) is 43.5 Å². The highest BCUT2D eigenvalue weighted by molar-refractivity contribution is 5.94. The lowest BCUT2D eigenvalue weighted by molar-refractivity contribution is 0.0953. The minimum Gasteiger partial charge on any atom is -0.497 e. The maximum absolute atomic E-state index is 12.3. The van der Waals surface area contributed by atoms with Gasteiger partial charge in [0.15, 0.2) is 0 Å². The summed E-state index contributed by atoms with van der Waals surface area (Å²) in [7, 11) is 1.62. The molecule has 1 N–H and O–H groups in total. The molecule has 5 heteroatoms. The van der Waals surface area contributed by atoms with Gasteiger partial charge in [0.25, 0.3) is 5.91 Å². The Labute approximate surface area is 198 Å². The lowest BCUT2D eigenvalue weighted by Crippen LogP contribution is -2.24. The van der Waals surface area contributed by atoms with Gasteiger partial charge in [0, 0.05) is 25.1 Å². The van der Waals surface area contributed by atoms with Crippen LogP contribution in [0.1, 0.15) is 80.9 Å². The molecular weight excluding hydrogens is 410 g/mol. The van der Waals surface area contributed by atoms with E-state index in [2.05, 4.69) is 41.1 Å². The lowest BCUT2D eigenvalue weighted by atomic mass is 10.1. The van der Waals surface area contributed by atoms with Crippen LogP contribution in [0.3, 0.4) is 0 Å². The molecule has 0 atom stereocenters. The molecule has 0 aliphatic heterocycles. The van der Waals surface area contributed by atoms with Crippen molar-refractivity contribution in [3.05, 3.63) is 59.9 Å². The van der Waals surface area contributed by atoms with Gasteiger partial charge < -0.3 is 14.6 Å². The zero-order valence-electron chi connectivity index (χ0n) is 20.3. The first-order valence-electron chi connectivity index (χ1n) is 12.6. The number of benzene rings is 2. The summed E-state index contributed by atoms with van der Waals surface area (Å²) < 4.78 is 7.57. The molecule has 0 saturated heterocycles. The van der Waals surface area contributed by atoms with Crippen LogP contribution in [0.25, 0.3) is 11.0 Å². The molecule has 0 saturated carbocycles. The molecule has 0 unspecified atom stereocenters. The van der Waals surface area contributed by atoms with Crippen molar-refractivity contribution in [1.82, 2.24) is 14.9 Å². The molecule has 0 bridgehead atoms. The maximum atomic E-state index is 12.3. The average molecular weight is 450 g/mol. The fraction of sp³-hybridized carbons (Fsp3) is 0.500. The number of hydrogen-bond acceptors (Lipinski definition) is 3. The van der Waals surface area contributed by atoms with E-state index in [4.69, 9.17) is 9.72 Å². The topological polar surface area (TPSA) is 56.2 Å². The number of aromatic nitrogens is 2. The zero-order valence-corrected chi connectivity index (χ0v) is 20.3. The Bertz CT molecular complexity index is 978. The van der Waals surface area contributed by atoms with Gasteiger partial charge >= 0.3 is 0 Å². The van der Waals surface area contributed by atoms with Crippen molar-refractivity contribution in [1.29, 1.82) is 0 Å². The number of carbonyl (C=O) groups excluding carboxylic acids is 1. The molecule has 3 rings (SSSR count). The Morgan fingerprint density at radius 1 is 0.909 bits per heavy atom. The van der Waals surface area contributed by atoms with E-state index in [1.54, 1.807) is 19.2 Å². The molecule has 2 aromatic carbocycles. The van der Waals surface area contributed by atoms with Gasteiger partial charge in [-0.3, -0.25) is 4.79 Å². The Balaban J connectivity index is 1.42. The van der Waals surface area contributed by atoms with Crippen molar-refractivity contribution in [2.75, 3.05) is 13.7 Å². The molecule has 178 valence electrons. The first kappa shape index (κ1) is 24.8. The minimum atomic E-state index is -0.0293. The second-order valence-corrected chi connectivity index (χ2v) is 8.73. The molecule has 3 aromatic rings. The molecular formula is C28H39N3O2. The number of amides is 1. The number of ether oxygens (including phenoxy) is 1. The predicted molar refractivity (Wildman–Crippen MR) is 136 cm³/mol. The number of nitrogens with one attached hydrogen (secondary N) is 1. The molecule has 0 radical (unpaired) electrons. The summed E-state index contributed by atoms with van der Waals surface area (Å²) in [5.41, 5.74) is 3.03. The van der Waals surface area contributed by atoms with Crippen LogP contribution in [0.5, 0.6) is 5.75 Å². The third-order valence-electron chi connectivity index (χ3n) is 6.18. The Hall–Kier alpha value is -2.82. The lowest BCUT2D eigenvalue weighted by Gasteiger charge is -2.10. The molecule has 33 heavy (non-hydrogen) atoms. The highest BCUT2D eigenvalue weighted by Gasteiger charge is 2.10. The van der Waals surface area contributed by atoms with Gasteiger partial charge in [-0.15, -0.1) is 0 Å². The summed E-state index contributed by atoms with van der Waals surface area (Å²) in [4.78, 5) is 17.2. The molecule has 5 nitrogen and oxygen atoms in total. The summed E-state index contributed by atoms with van der Waals surface area (Å²) in [6.07, 6.45) is 11.9. The van der Waals surface area contributed by atoms with E-state index in [9.17, 15) is 4.79 Å². The van der Waals surface area contributed by atoms with Crippen molar-refractivity contribution in [3.8, 4) is 5.75 Å². The minimum absolute atomic E-state index is 0.0293. The van der Waals surface area contributed by atoms with Gasteiger partial charge in [-0.05, 0) is 55.7 Å². The highest BCUT2D eigenvalue weighted by Crippen LogP contribution is 2.19. The molecule has 0 spiro atoms. The van der Waals surface area contributed by atoms with Crippen LogP contribution in [-0.2, 0) is 13.0 Å². The third-order valence-corrected chi connectivity index (χ3v) is 6.18. The number of nitrogens with zero attached hydrogens (tertiary/aromatic N) is 2. The zero-order chi connectivity index (χ0) is 23.3. The van der Waals surface area contributed by atoms with E-state index in [1.165, 1.54) is 49.9 Å². The Morgan fingerprint density at radius 2 is 1.64 bits per heavy atom. The number of methoxy groups -OCH3 is 1. The van der Waals surface area contributed by atoms with Crippen molar-refractivity contribution in [2.24, 2.45) is 0 Å². The van der Waals surface area contributed by atoms with Gasteiger partial charge in [-0.2, -0.15) is 0 Å². The number of imidazole rings is 1. The molecule has 0 aliphatic carbocycles. The fourth-order valence-corrected chi connectivity index (χ4v) is 4.25. The molecule has 0 fully saturated rings. The van der Waals surface area contributed by atoms with Gasteiger partial charge in [0.05, 0.1) is 18.1 Å². The summed E-state index contributed by atoms with van der Waals surface area (Å²) in [5.74, 6) is 1.93. The number of aryl methyl sites for hydroxylation is 2. The van der Waals surface area contributed by atoms with Gasteiger partial charge in [-0.1, -0.05) is 57.6 Å². The number of fused-ring (bicyclic) bond motifs is 1. The van der Waals surface area contributed by atoms with Gasteiger partial charge in [0.2, 0.25) is 0 Å². The Morgan fingerprint density at radius 3 is 2.42 bits per heavy atom. The molecule has 0 aliphatic rings. The standard InChI is InChI=1S/C28H39N3O2/c1-3-4-5-6-7-13-22-31-26-15-11-10-14-25(26)30-27(31)16-9-8-12-21-29-28(32)23-17-19-24(33-2)20-18-23/h10-11,14-15,17-20H,3-9,12-13,16,21-22H2,1-2H3,(H,29,32). The Kier molecular flexibility index (Phi) is 10.3. The third kappa shape index (κ3) is 7.62. The number of carbonyl (C=O) groups is 1. The van der Waals surface area contributed by atoms with Crippen molar-refractivity contribution in [2.45, 2.75) is 77.7 Å². The quantitative estimate of drug-likeness (QED) is 0.268. The van der Waals surface area contributed by atoms with Crippen LogP contribution in [0.4, 0.5) is 0 Å². The smallest absolute Gasteiger partial charge is 0.251 e. The van der Waals surface area contributed by atoms with Gasteiger partial charge in [0.1, 0.15) is 11.6 Å². The van der Waals surface area contributed by atoms with Gasteiger partial charge in [-0.25, -0.2) is 4.98 Å². The molecule has 1 aromatic heterocycles. The normalized spacial score (nSPS) is 11.1. The van der Waals surface area contributed by atoms with E-state index in [-0.39, 0.29) is 5.91 Å². The van der Waals surface area contributed by atoms with Crippen LogP contribution in [0.2, 0.25) is 0 Å². The maximum Gasteiger partial charge on any atom is 0.251 e. The number of rotatable bonds is 15. The van der Waals surface area contributed by atoms with Crippen LogP contribution in [0, 0.1) is 0 Å². The summed E-state index contributed by atoms with van der Waals surface area (Å²) in [6.45, 7) is 4.01. The largest absolute Gasteiger partial charge is 0.497 e. The van der Waals surface area contributed by atoms with Crippen molar-refractivity contribution in [3.63, 3.8) is 0 Å². The van der Waals surface area contributed by atoms with E-state index < -0.39 is 0 Å². The van der Waals surface area contributed by atoms with Crippen molar-refractivity contribution < 1.29 is 9.53 Å².